The number of thiazole rings is 1. The molecule has 1 N–H and O–H groups in total. The van der Waals surface area contributed by atoms with Gasteiger partial charge in [-0.1, -0.05) is 29.8 Å². The van der Waals surface area contributed by atoms with E-state index in [9.17, 15) is 4.79 Å². The van der Waals surface area contributed by atoms with E-state index in [4.69, 9.17) is 5.11 Å². The summed E-state index contributed by atoms with van der Waals surface area (Å²) in [7, 11) is 1.67. The monoisotopic (exact) mass is 290 g/mol. The van der Waals surface area contributed by atoms with Gasteiger partial charge in [0.2, 0.25) is 0 Å². The lowest BCUT2D eigenvalue weighted by atomic mass is 10.2. The van der Waals surface area contributed by atoms with Gasteiger partial charge in [-0.25, -0.2) is 4.98 Å². The van der Waals surface area contributed by atoms with Gasteiger partial charge in [-0.3, -0.25) is 4.79 Å². The highest BCUT2D eigenvalue weighted by Crippen LogP contribution is 2.24. The summed E-state index contributed by atoms with van der Waals surface area (Å²) in [4.78, 5) is 18.1. The molecule has 0 aliphatic carbocycles. The van der Waals surface area contributed by atoms with Crippen molar-refractivity contribution in [3.05, 3.63) is 40.9 Å². The van der Waals surface area contributed by atoms with Crippen molar-refractivity contribution in [2.75, 3.05) is 13.7 Å². The molecule has 0 aliphatic heterocycles. The van der Waals surface area contributed by atoms with Crippen molar-refractivity contribution < 1.29 is 9.90 Å². The second kappa shape index (κ2) is 6.15. The second-order valence-electron chi connectivity index (χ2n) is 4.85. The van der Waals surface area contributed by atoms with Crippen LogP contribution in [0, 0.1) is 6.92 Å². The van der Waals surface area contributed by atoms with Gasteiger partial charge in [-0.05, 0) is 13.8 Å². The minimum atomic E-state index is -0.216. The number of aliphatic hydroxyl groups is 1. The third-order valence-electron chi connectivity index (χ3n) is 3.27. The highest BCUT2D eigenvalue weighted by Gasteiger charge is 2.19. The molecule has 0 bridgehead atoms. The van der Waals surface area contributed by atoms with Crippen molar-refractivity contribution in [1.82, 2.24) is 9.88 Å². The molecule has 0 saturated heterocycles. The van der Waals surface area contributed by atoms with Crippen LogP contribution in [-0.4, -0.2) is 40.6 Å². The molecule has 5 heteroatoms. The molecule has 20 heavy (non-hydrogen) atoms. The lowest BCUT2D eigenvalue weighted by molar-refractivity contribution is 0.0677. The number of likely N-dealkylation sites (N-methyl/N-ethyl adjacent to an activating group) is 1. The minimum absolute atomic E-state index is 0.0583. The summed E-state index contributed by atoms with van der Waals surface area (Å²) in [6, 6.07) is 7.84. The zero-order valence-corrected chi connectivity index (χ0v) is 12.6. The third-order valence-corrected chi connectivity index (χ3v) is 4.16. The van der Waals surface area contributed by atoms with Gasteiger partial charge in [0.1, 0.15) is 10.7 Å². The number of benzene rings is 1. The summed E-state index contributed by atoms with van der Waals surface area (Å²) in [5.41, 5.74) is 2.63. The maximum Gasteiger partial charge on any atom is 0.273 e. The third kappa shape index (κ3) is 3.05. The van der Waals surface area contributed by atoms with E-state index in [0.717, 1.165) is 10.6 Å². The number of rotatable bonds is 4. The van der Waals surface area contributed by atoms with E-state index in [1.807, 2.05) is 31.2 Å². The normalized spacial score (nSPS) is 12.2. The molecular weight excluding hydrogens is 272 g/mol. The fraction of sp³-hybridized carbons (Fsp3) is 0.333. The van der Waals surface area contributed by atoms with Crippen LogP contribution < -0.4 is 0 Å². The summed E-state index contributed by atoms with van der Waals surface area (Å²) in [5, 5.41) is 11.7. The van der Waals surface area contributed by atoms with Gasteiger partial charge in [0.05, 0.1) is 12.6 Å². The van der Waals surface area contributed by atoms with Gasteiger partial charge in [0.15, 0.2) is 0 Å². The summed E-state index contributed by atoms with van der Waals surface area (Å²) < 4.78 is 0. The number of nitrogens with zero attached hydrogens (tertiary/aromatic N) is 2. The van der Waals surface area contributed by atoms with E-state index in [0.29, 0.717) is 5.69 Å². The Hall–Kier alpha value is -1.72. The van der Waals surface area contributed by atoms with Crippen molar-refractivity contribution in [3.63, 3.8) is 0 Å². The molecule has 0 aliphatic rings. The van der Waals surface area contributed by atoms with E-state index >= 15 is 0 Å². The Labute approximate surface area is 122 Å². The fourth-order valence-electron chi connectivity index (χ4n) is 1.70. The molecule has 1 amide bonds. The zero-order valence-electron chi connectivity index (χ0n) is 11.8. The first-order chi connectivity index (χ1) is 9.52. The van der Waals surface area contributed by atoms with Crippen LogP contribution in [0.15, 0.2) is 29.6 Å². The molecule has 4 nitrogen and oxygen atoms in total. The molecule has 1 aromatic heterocycles. The maximum atomic E-state index is 12.2. The Morgan fingerprint density at radius 2 is 2.05 bits per heavy atom. The van der Waals surface area contributed by atoms with E-state index in [1.165, 1.54) is 21.8 Å². The van der Waals surface area contributed by atoms with Crippen LogP contribution >= 0.6 is 11.3 Å². The molecule has 0 radical (unpaired) electrons. The van der Waals surface area contributed by atoms with Crippen LogP contribution in [0.1, 0.15) is 23.0 Å². The van der Waals surface area contributed by atoms with Gasteiger partial charge in [0, 0.05) is 18.0 Å². The van der Waals surface area contributed by atoms with Gasteiger partial charge in [-0.15, -0.1) is 11.3 Å². The van der Waals surface area contributed by atoms with Crippen molar-refractivity contribution in [2.45, 2.75) is 19.9 Å². The Morgan fingerprint density at radius 1 is 1.40 bits per heavy atom. The van der Waals surface area contributed by atoms with Crippen LogP contribution in [0.25, 0.3) is 10.6 Å². The molecular formula is C15H18N2O2S. The Morgan fingerprint density at radius 3 is 2.65 bits per heavy atom. The summed E-state index contributed by atoms with van der Waals surface area (Å²) in [6.45, 7) is 3.77. The van der Waals surface area contributed by atoms with Crippen LogP contribution in [0.3, 0.4) is 0 Å². The van der Waals surface area contributed by atoms with Crippen LogP contribution in [0.4, 0.5) is 0 Å². The Balaban J connectivity index is 2.20. The Bertz CT molecular complexity index is 592. The molecule has 1 atom stereocenters. The number of hydrogen-bond acceptors (Lipinski definition) is 4. The second-order valence-corrected chi connectivity index (χ2v) is 5.71. The molecule has 1 heterocycles. The molecule has 1 unspecified atom stereocenters. The number of amides is 1. The van der Waals surface area contributed by atoms with Gasteiger partial charge >= 0.3 is 0 Å². The highest BCUT2D eigenvalue weighted by molar-refractivity contribution is 7.13. The van der Waals surface area contributed by atoms with E-state index in [1.54, 1.807) is 19.4 Å². The quantitative estimate of drug-likeness (QED) is 0.941. The lowest BCUT2D eigenvalue weighted by Crippen LogP contribution is -2.37. The van der Waals surface area contributed by atoms with Gasteiger partial charge < -0.3 is 10.0 Å². The molecule has 106 valence electrons. The van der Waals surface area contributed by atoms with Crippen LogP contribution in [-0.2, 0) is 0 Å². The van der Waals surface area contributed by atoms with Gasteiger partial charge in [-0.2, -0.15) is 0 Å². The van der Waals surface area contributed by atoms with E-state index in [-0.39, 0.29) is 18.6 Å². The number of carbonyl (C=O) groups is 1. The predicted molar refractivity (Wildman–Crippen MR) is 80.9 cm³/mol. The van der Waals surface area contributed by atoms with Crippen molar-refractivity contribution >= 4 is 17.2 Å². The molecule has 0 fully saturated rings. The average molecular weight is 290 g/mol. The van der Waals surface area contributed by atoms with Crippen LogP contribution in [0.2, 0.25) is 0 Å². The molecule has 2 aromatic rings. The van der Waals surface area contributed by atoms with Crippen molar-refractivity contribution in [1.29, 1.82) is 0 Å². The Kier molecular flexibility index (Phi) is 4.52. The number of hydrogen-bond donors (Lipinski definition) is 1. The SMILES string of the molecule is Cc1ccc(-c2nc(C(=O)N(C)C(C)CO)cs2)cc1. The average Bonchev–Trinajstić information content (AvgIpc) is 2.95. The topological polar surface area (TPSA) is 53.4 Å². The maximum absolute atomic E-state index is 12.2. The first kappa shape index (κ1) is 14.7. The number of aryl methyl sites for hydroxylation is 1. The highest BCUT2D eigenvalue weighted by atomic mass is 32.1. The van der Waals surface area contributed by atoms with Crippen molar-refractivity contribution in [2.24, 2.45) is 0 Å². The number of aliphatic hydroxyl groups excluding tert-OH is 1. The lowest BCUT2D eigenvalue weighted by Gasteiger charge is -2.21. The molecule has 0 spiro atoms. The minimum Gasteiger partial charge on any atom is -0.394 e. The molecule has 0 saturated carbocycles. The number of carbonyl (C=O) groups excluding carboxylic acids is 1. The van der Waals surface area contributed by atoms with E-state index < -0.39 is 0 Å². The summed E-state index contributed by atoms with van der Waals surface area (Å²) in [6.07, 6.45) is 0. The van der Waals surface area contributed by atoms with Crippen molar-refractivity contribution in [3.8, 4) is 10.6 Å². The van der Waals surface area contributed by atoms with E-state index in [2.05, 4.69) is 4.98 Å². The smallest absolute Gasteiger partial charge is 0.273 e. The summed E-state index contributed by atoms with van der Waals surface area (Å²) >= 11 is 1.45. The number of aromatic nitrogens is 1. The standard InChI is InChI=1S/C15H18N2O2S/c1-10-4-6-12(7-5-10)14-16-13(9-20-14)15(19)17(3)11(2)8-18/h4-7,9,11,18H,8H2,1-3H3. The first-order valence-corrected chi connectivity index (χ1v) is 7.31. The van der Waals surface area contributed by atoms with Crippen LogP contribution in [0.5, 0.6) is 0 Å². The molecule has 1 aromatic carbocycles. The first-order valence-electron chi connectivity index (χ1n) is 6.43. The van der Waals surface area contributed by atoms with Gasteiger partial charge in [0.25, 0.3) is 5.91 Å². The summed E-state index contributed by atoms with van der Waals surface area (Å²) in [5.74, 6) is -0.166. The zero-order chi connectivity index (χ0) is 14.7. The molecule has 2 rings (SSSR count). The predicted octanol–water partition coefficient (Wildman–Crippen LogP) is 2.57. The largest absolute Gasteiger partial charge is 0.394 e. The fourth-order valence-corrected chi connectivity index (χ4v) is 2.50.